The SMILES string of the molecule is C[C@@H](NC(=O)c1ccc(=O)n(-c2cccc(C(=O)N(C)C)c2F)n1)c1cc(N)cc(C(F)(F)F)c1. The Balaban J connectivity index is 1.93. The molecule has 35 heavy (non-hydrogen) atoms. The van der Waals surface area contributed by atoms with E-state index in [1.807, 2.05) is 0 Å². The predicted molar refractivity (Wildman–Crippen MR) is 120 cm³/mol. The number of nitrogens with one attached hydrogen (secondary N) is 1. The van der Waals surface area contributed by atoms with E-state index in [-0.39, 0.29) is 28.2 Å². The first-order chi connectivity index (χ1) is 16.3. The van der Waals surface area contributed by atoms with Crippen LogP contribution in [0.5, 0.6) is 0 Å². The van der Waals surface area contributed by atoms with Gasteiger partial charge in [-0.1, -0.05) is 6.07 Å². The van der Waals surface area contributed by atoms with Gasteiger partial charge in [-0.3, -0.25) is 14.4 Å². The lowest BCUT2D eigenvalue weighted by molar-refractivity contribution is -0.137. The number of hydrogen-bond donors (Lipinski definition) is 2. The van der Waals surface area contributed by atoms with Gasteiger partial charge in [0.1, 0.15) is 11.4 Å². The smallest absolute Gasteiger partial charge is 0.399 e. The first-order valence-electron chi connectivity index (χ1n) is 10.2. The summed E-state index contributed by atoms with van der Waals surface area (Å²) in [5.41, 5.74) is 2.85. The lowest BCUT2D eigenvalue weighted by Crippen LogP contribution is -2.31. The summed E-state index contributed by atoms with van der Waals surface area (Å²) in [6.07, 6.45) is -4.63. The Hall–Kier alpha value is -4.22. The molecule has 0 aliphatic heterocycles. The van der Waals surface area contributed by atoms with Crippen molar-refractivity contribution in [2.24, 2.45) is 0 Å². The summed E-state index contributed by atoms with van der Waals surface area (Å²) >= 11 is 0. The van der Waals surface area contributed by atoms with Crippen LogP contribution >= 0.6 is 0 Å². The average molecular weight is 491 g/mol. The van der Waals surface area contributed by atoms with Crippen molar-refractivity contribution in [3.05, 3.63) is 87.1 Å². The topological polar surface area (TPSA) is 110 Å². The van der Waals surface area contributed by atoms with E-state index in [1.54, 1.807) is 0 Å². The Morgan fingerprint density at radius 3 is 2.43 bits per heavy atom. The summed E-state index contributed by atoms with van der Waals surface area (Å²) in [6, 6.07) is 7.90. The summed E-state index contributed by atoms with van der Waals surface area (Å²) in [7, 11) is 2.87. The number of nitrogens with two attached hydrogens (primary N) is 1. The normalized spacial score (nSPS) is 12.2. The van der Waals surface area contributed by atoms with Crippen molar-refractivity contribution in [3.63, 3.8) is 0 Å². The van der Waals surface area contributed by atoms with E-state index in [0.29, 0.717) is 4.68 Å². The minimum Gasteiger partial charge on any atom is -0.399 e. The van der Waals surface area contributed by atoms with Gasteiger partial charge in [0.2, 0.25) is 0 Å². The Morgan fingerprint density at radius 2 is 1.80 bits per heavy atom. The average Bonchev–Trinajstić information content (AvgIpc) is 2.78. The van der Waals surface area contributed by atoms with Crippen LogP contribution in [0.1, 0.15) is 44.9 Å². The molecule has 1 heterocycles. The summed E-state index contributed by atoms with van der Waals surface area (Å²) in [4.78, 5) is 38.5. The highest BCUT2D eigenvalue weighted by Gasteiger charge is 2.31. The zero-order valence-electron chi connectivity index (χ0n) is 18.9. The molecule has 2 aromatic carbocycles. The molecule has 1 atom stereocenters. The van der Waals surface area contributed by atoms with E-state index in [2.05, 4.69) is 10.4 Å². The molecule has 8 nitrogen and oxygen atoms in total. The van der Waals surface area contributed by atoms with Crippen LogP contribution in [-0.2, 0) is 6.18 Å². The lowest BCUT2D eigenvalue weighted by atomic mass is 10.0. The minimum absolute atomic E-state index is 0.0972. The Morgan fingerprint density at radius 1 is 1.11 bits per heavy atom. The van der Waals surface area contributed by atoms with Crippen LogP contribution in [-0.4, -0.2) is 40.6 Å². The van der Waals surface area contributed by atoms with E-state index in [4.69, 9.17) is 5.73 Å². The zero-order valence-corrected chi connectivity index (χ0v) is 18.9. The molecule has 3 aromatic rings. The highest BCUT2D eigenvalue weighted by Crippen LogP contribution is 2.32. The van der Waals surface area contributed by atoms with Gasteiger partial charge in [0, 0.05) is 25.8 Å². The first kappa shape index (κ1) is 25.4. The Bertz CT molecular complexity index is 1350. The van der Waals surface area contributed by atoms with Crippen LogP contribution in [0.2, 0.25) is 0 Å². The maximum absolute atomic E-state index is 15.0. The second-order valence-corrected chi connectivity index (χ2v) is 7.89. The second-order valence-electron chi connectivity index (χ2n) is 7.89. The molecule has 0 bridgehead atoms. The van der Waals surface area contributed by atoms with Crippen LogP contribution in [0.4, 0.5) is 23.2 Å². The molecule has 3 rings (SSSR count). The number of nitrogen functional groups attached to an aromatic ring is 1. The molecule has 0 unspecified atom stereocenters. The molecular formula is C23H21F4N5O3. The van der Waals surface area contributed by atoms with Crippen LogP contribution < -0.4 is 16.6 Å². The van der Waals surface area contributed by atoms with Gasteiger partial charge in [0.25, 0.3) is 17.4 Å². The second kappa shape index (κ2) is 9.57. The maximum atomic E-state index is 15.0. The number of carbonyl (C=O) groups is 2. The Labute approximate surface area is 197 Å². The van der Waals surface area contributed by atoms with Gasteiger partial charge in [-0.25, -0.2) is 4.39 Å². The molecule has 0 spiro atoms. The Kier molecular flexibility index (Phi) is 6.94. The van der Waals surface area contributed by atoms with Crippen molar-refractivity contribution in [2.75, 3.05) is 19.8 Å². The van der Waals surface area contributed by atoms with Gasteiger partial charge < -0.3 is 16.0 Å². The van der Waals surface area contributed by atoms with Gasteiger partial charge in [-0.05, 0) is 48.9 Å². The highest BCUT2D eigenvalue weighted by atomic mass is 19.4. The molecule has 12 heteroatoms. The third-order valence-electron chi connectivity index (χ3n) is 5.03. The van der Waals surface area contributed by atoms with E-state index in [9.17, 15) is 27.6 Å². The number of anilines is 1. The fourth-order valence-electron chi connectivity index (χ4n) is 3.24. The third kappa shape index (κ3) is 5.48. The molecule has 0 fully saturated rings. The van der Waals surface area contributed by atoms with Gasteiger partial charge in [-0.2, -0.15) is 23.0 Å². The summed E-state index contributed by atoms with van der Waals surface area (Å²) < 4.78 is 55.0. The molecule has 2 amide bonds. The number of aromatic nitrogens is 2. The summed E-state index contributed by atoms with van der Waals surface area (Å²) in [6.45, 7) is 1.44. The molecule has 1 aromatic heterocycles. The van der Waals surface area contributed by atoms with Gasteiger partial charge in [0.05, 0.1) is 17.2 Å². The van der Waals surface area contributed by atoms with E-state index < -0.39 is 41.0 Å². The van der Waals surface area contributed by atoms with Crippen LogP contribution in [0.15, 0.2) is 53.3 Å². The number of amides is 2. The summed E-state index contributed by atoms with van der Waals surface area (Å²) in [5.74, 6) is -2.48. The van der Waals surface area contributed by atoms with Crippen molar-refractivity contribution in [2.45, 2.75) is 19.1 Å². The number of carbonyl (C=O) groups excluding carboxylic acids is 2. The van der Waals surface area contributed by atoms with E-state index >= 15 is 4.39 Å². The number of halogens is 4. The molecule has 0 saturated carbocycles. The van der Waals surface area contributed by atoms with Crippen molar-refractivity contribution in [1.82, 2.24) is 20.0 Å². The number of rotatable bonds is 5. The molecule has 0 saturated heterocycles. The van der Waals surface area contributed by atoms with Crippen molar-refractivity contribution in [3.8, 4) is 5.69 Å². The first-order valence-corrected chi connectivity index (χ1v) is 10.2. The lowest BCUT2D eigenvalue weighted by Gasteiger charge is -2.17. The van der Waals surface area contributed by atoms with E-state index in [1.165, 1.54) is 45.3 Å². The quantitative estimate of drug-likeness (QED) is 0.421. The molecule has 0 aliphatic carbocycles. The maximum Gasteiger partial charge on any atom is 0.416 e. The monoisotopic (exact) mass is 491 g/mol. The molecule has 3 N–H and O–H groups in total. The van der Waals surface area contributed by atoms with Crippen LogP contribution in [0.3, 0.4) is 0 Å². The molecule has 0 radical (unpaired) electrons. The number of hydrogen-bond acceptors (Lipinski definition) is 5. The van der Waals surface area contributed by atoms with Gasteiger partial charge >= 0.3 is 6.18 Å². The van der Waals surface area contributed by atoms with E-state index in [0.717, 1.165) is 29.2 Å². The largest absolute Gasteiger partial charge is 0.416 e. The molecule has 184 valence electrons. The third-order valence-corrected chi connectivity index (χ3v) is 5.03. The standard InChI is InChI=1S/C23H21F4N5O3/c1-12(13-9-14(23(25,26)27)11-15(28)10-13)29-21(34)17-7-8-19(33)32(30-17)18-6-4-5-16(20(18)24)22(35)31(2)3/h4-12H,28H2,1-3H3,(H,29,34)/t12-/m1/s1. The zero-order chi connectivity index (χ0) is 26.1. The predicted octanol–water partition coefficient (Wildman–Crippen LogP) is 3.17. The van der Waals surface area contributed by atoms with Crippen molar-refractivity contribution in [1.29, 1.82) is 0 Å². The minimum atomic E-state index is -4.63. The number of nitrogens with zero attached hydrogens (tertiary/aromatic N) is 3. The summed E-state index contributed by atoms with van der Waals surface area (Å²) in [5, 5.41) is 6.37. The fourth-order valence-corrected chi connectivity index (χ4v) is 3.24. The highest BCUT2D eigenvalue weighted by molar-refractivity contribution is 5.95. The van der Waals surface area contributed by atoms with Gasteiger partial charge in [0.15, 0.2) is 5.82 Å². The van der Waals surface area contributed by atoms with Crippen molar-refractivity contribution < 1.29 is 27.2 Å². The fraction of sp³-hybridized carbons (Fsp3) is 0.217. The van der Waals surface area contributed by atoms with Crippen LogP contribution in [0.25, 0.3) is 5.69 Å². The molecular weight excluding hydrogens is 470 g/mol. The van der Waals surface area contributed by atoms with Crippen LogP contribution in [0, 0.1) is 5.82 Å². The van der Waals surface area contributed by atoms with Gasteiger partial charge in [-0.15, -0.1) is 0 Å². The number of benzene rings is 2. The molecule has 0 aliphatic rings. The van der Waals surface area contributed by atoms with Crippen molar-refractivity contribution >= 4 is 17.5 Å². The number of alkyl halides is 3.